The quantitative estimate of drug-likeness (QED) is 0.257. The van der Waals surface area contributed by atoms with Crippen LogP contribution >= 0.6 is 0 Å². The van der Waals surface area contributed by atoms with E-state index >= 15 is 0 Å². The second-order valence-electron chi connectivity index (χ2n) is 10.8. The van der Waals surface area contributed by atoms with Crippen molar-refractivity contribution >= 4 is 29.3 Å². The lowest BCUT2D eigenvalue weighted by atomic mass is 9.94. The van der Waals surface area contributed by atoms with Crippen LogP contribution in [0.25, 0.3) is 0 Å². The molecule has 0 spiro atoms. The molecule has 10 heteroatoms. The van der Waals surface area contributed by atoms with E-state index in [4.69, 9.17) is 0 Å². The predicted octanol–water partition coefficient (Wildman–Crippen LogP) is 3.66. The number of hydrogen-bond acceptors (Lipinski definition) is 7. The molecule has 0 radical (unpaired) electrons. The van der Waals surface area contributed by atoms with E-state index in [1.807, 2.05) is 44.2 Å². The van der Waals surface area contributed by atoms with Gasteiger partial charge in [-0.15, -0.1) is 0 Å². The summed E-state index contributed by atoms with van der Waals surface area (Å²) in [6.07, 6.45) is 4.66. The zero-order chi connectivity index (χ0) is 29.7. The topological polar surface area (TPSA) is 131 Å². The van der Waals surface area contributed by atoms with Gasteiger partial charge in [-0.3, -0.25) is 24.1 Å². The monoisotopic (exact) mass is 561 g/mol. The summed E-state index contributed by atoms with van der Waals surface area (Å²) in [5, 5.41) is 19.9. The lowest BCUT2D eigenvalue weighted by Crippen LogP contribution is -2.47. The van der Waals surface area contributed by atoms with Crippen LogP contribution in [0.15, 0.2) is 59.9 Å². The van der Waals surface area contributed by atoms with Crippen molar-refractivity contribution < 1.29 is 24.3 Å². The van der Waals surface area contributed by atoms with Crippen LogP contribution in [0.5, 0.6) is 5.75 Å². The molecule has 2 aromatic rings. The van der Waals surface area contributed by atoms with Gasteiger partial charge in [-0.2, -0.15) is 0 Å². The van der Waals surface area contributed by atoms with Gasteiger partial charge in [0.05, 0.1) is 17.3 Å². The molecule has 1 unspecified atom stereocenters. The number of imide groups is 1. The maximum atomic E-state index is 13.8. The number of nitrogens with one attached hydrogen (secondary N) is 3. The largest absolute Gasteiger partial charge is 0.505 e. The molecule has 4 amide bonds. The summed E-state index contributed by atoms with van der Waals surface area (Å²) in [6.45, 7) is 3.70. The summed E-state index contributed by atoms with van der Waals surface area (Å²) in [4.78, 5) is 56.0. The van der Waals surface area contributed by atoms with Gasteiger partial charge in [-0.25, -0.2) is 0 Å². The molecule has 1 aliphatic heterocycles. The molecule has 2 aromatic carbocycles. The van der Waals surface area contributed by atoms with Gasteiger partial charge in [-0.05, 0) is 43.9 Å². The number of phenols is 1. The van der Waals surface area contributed by atoms with Gasteiger partial charge in [-0.1, -0.05) is 62.6 Å². The molecule has 4 N–H and O–H groups in total. The Labute approximate surface area is 240 Å². The average Bonchev–Trinajstić information content (AvgIpc) is 3.20. The highest BCUT2D eigenvalue weighted by Crippen LogP contribution is 2.34. The van der Waals surface area contributed by atoms with E-state index < -0.39 is 23.8 Å². The molecule has 218 valence electrons. The number of carbonyl (C=O) groups is 4. The lowest BCUT2D eigenvalue weighted by molar-refractivity contribution is -0.141. The third kappa shape index (κ3) is 6.37. The fourth-order valence-corrected chi connectivity index (χ4v) is 5.33. The molecule has 1 fully saturated rings. The molecular formula is C31H39N5O5. The van der Waals surface area contributed by atoms with Gasteiger partial charge in [0.25, 0.3) is 17.7 Å². The Morgan fingerprint density at radius 3 is 2.27 bits per heavy atom. The molecule has 1 aliphatic carbocycles. The second-order valence-corrected chi connectivity index (χ2v) is 10.8. The van der Waals surface area contributed by atoms with Gasteiger partial charge in [0.2, 0.25) is 5.91 Å². The molecule has 4 rings (SSSR count). The first-order valence-corrected chi connectivity index (χ1v) is 14.2. The van der Waals surface area contributed by atoms with Crippen LogP contribution in [0.1, 0.15) is 74.3 Å². The number of para-hydroxylation sites is 1. The van der Waals surface area contributed by atoms with Crippen LogP contribution in [-0.4, -0.2) is 64.7 Å². The van der Waals surface area contributed by atoms with Gasteiger partial charge in [0.1, 0.15) is 17.4 Å². The van der Waals surface area contributed by atoms with Gasteiger partial charge in [0.15, 0.2) is 5.75 Å². The third-order valence-corrected chi connectivity index (χ3v) is 7.69. The summed E-state index contributed by atoms with van der Waals surface area (Å²) in [5.74, 6) is -2.09. The number of hydrogen-bond donors (Lipinski definition) is 4. The zero-order valence-corrected chi connectivity index (χ0v) is 24.1. The van der Waals surface area contributed by atoms with E-state index in [2.05, 4.69) is 16.0 Å². The Kier molecular flexibility index (Phi) is 9.31. The van der Waals surface area contributed by atoms with Crippen molar-refractivity contribution in [2.75, 3.05) is 19.4 Å². The van der Waals surface area contributed by atoms with E-state index in [-0.39, 0.29) is 46.4 Å². The van der Waals surface area contributed by atoms with Crippen LogP contribution in [0.2, 0.25) is 0 Å². The summed E-state index contributed by atoms with van der Waals surface area (Å²) in [7, 11) is 3.14. The third-order valence-electron chi connectivity index (χ3n) is 7.69. The highest BCUT2D eigenvalue weighted by Gasteiger charge is 2.44. The Hall–Kier alpha value is -4.34. The maximum absolute atomic E-state index is 13.8. The van der Waals surface area contributed by atoms with Crippen molar-refractivity contribution in [2.24, 2.45) is 0 Å². The van der Waals surface area contributed by atoms with Crippen molar-refractivity contribution in [2.45, 2.75) is 70.5 Å². The molecule has 0 saturated heterocycles. The van der Waals surface area contributed by atoms with Crippen molar-refractivity contribution in [1.82, 2.24) is 20.4 Å². The van der Waals surface area contributed by atoms with Crippen molar-refractivity contribution in [1.29, 1.82) is 0 Å². The Balaban J connectivity index is 1.65. The minimum Gasteiger partial charge on any atom is -0.505 e. The Bertz CT molecular complexity index is 1330. The SMILES string of the molecule is CC[C@@H](NC1=C(Nc2cccc(C(=O)N(C)C)c2O)C(=O)N(C2CCCCC2)C1=O)C(=O)NC(C)c1ccccc1. The lowest BCUT2D eigenvalue weighted by Gasteiger charge is -2.30. The molecule has 0 aromatic heterocycles. The van der Waals surface area contributed by atoms with Crippen molar-refractivity contribution in [3.8, 4) is 5.75 Å². The Morgan fingerprint density at radius 2 is 1.63 bits per heavy atom. The van der Waals surface area contributed by atoms with Crippen molar-refractivity contribution in [3.63, 3.8) is 0 Å². The second kappa shape index (κ2) is 12.9. The average molecular weight is 562 g/mol. The number of nitrogens with zero attached hydrogens (tertiary/aromatic N) is 2. The molecule has 41 heavy (non-hydrogen) atoms. The molecule has 0 bridgehead atoms. The molecule has 10 nitrogen and oxygen atoms in total. The summed E-state index contributed by atoms with van der Waals surface area (Å²) >= 11 is 0. The molecular weight excluding hydrogens is 522 g/mol. The standard InChI is InChI=1S/C31H39N5O5/c1-5-23(28(38)32-19(2)20-13-8-6-9-14-20)33-25-26(31(41)36(30(25)40)21-15-10-7-11-16-21)34-24-18-12-17-22(27(24)37)29(39)35(3)4/h6,8-9,12-14,17-19,21,23,33-34,37H,5,7,10-11,15-16H2,1-4H3,(H,32,38)/t19?,23-/m1/s1. The number of anilines is 1. The van der Waals surface area contributed by atoms with Crippen LogP contribution in [-0.2, 0) is 14.4 Å². The fraction of sp³-hybridized carbons (Fsp3) is 0.419. The van der Waals surface area contributed by atoms with Crippen LogP contribution in [0.3, 0.4) is 0 Å². The number of rotatable bonds is 10. The molecule has 2 aliphatic rings. The van der Waals surface area contributed by atoms with Gasteiger partial charge in [0, 0.05) is 20.1 Å². The molecule has 1 saturated carbocycles. The van der Waals surface area contributed by atoms with E-state index in [0.29, 0.717) is 19.3 Å². The molecule has 2 atom stereocenters. The number of benzene rings is 2. The summed E-state index contributed by atoms with van der Waals surface area (Å²) in [5.41, 5.74) is 1.01. The van der Waals surface area contributed by atoms with Gasteiger partial charge < -0.3 is 26.0 Å². The molecule has 1 heterocycles. The minimum atomic E-state index is -0.800. The number of phenolic OH excluding ortho intramolecular Hbond substituents is 1. The first-order valence-electron chi connectivity index (χ1n) is 14.2. The fourth-order valence-electron chi connectivity index (χ4n) is 5.33. The zero-order valence-electron chi connectivity index (χ0n) is 24.1. The number of carbonyl (C=O) groups excluding carboxylic acids is 4. The van der Waals surface area contributed by atoms with E-state index in [0.717, 1.165) is 24.8 Å². The predicted molar refractivity (Wildman–Crippen MR) is 156 cm³/mol. The Morgan fingerprint density at radius 1 is 0.976 bits per heavy atom. The van der Waals surface area contributed by atoms with Crippen molar-refractivity contribution in [3.05, 3.63) is 71.1 Å². The van der Waals surface area contributed by atoms with E-state index in [9.17, 15) is 24.3 Å². The summed E-state index contributed by atoms with van der Waals surface area (Å²) < 4.78 is 0. The van der Waals surface area contributed by atoms with E-state index in [1.165, 1.54) is 21.9 Å². The van der Waals surface area contributed by atoms with Crippen LogP contribution < -0.4 is 16.0 Å². The number of aromatic hydroxyl groups is 1. The van der Waals surface area contributed by atoms with Crippen LogP contribution in [0, 0.1) is 0 Å². The maximum Gasteiger partial charge on any atom is 0.279 e. The van der Waals surface area contributed by atoms with Gasteiger partial charge >= 0.3 is 0 Å². The van der Waals surface area contributed by atoms with E-state index in [1.54, 1.807) is 20.2 Å². The summed E-state index contributed by atoms with van der Waals surface area (Å²) in [6, 6.07) is 12.8. The normalized spacial score (nSPS) is 17.3. The van der Waals surface area contributed by atoms with Crippen LogP contribution in [0.4, 0.5) is 5.69 Å². The first-order chi connectivity index (χ1) is 19.6. The highest BCUT2D eigenvalue weighted by molar-refractivity contribution is 6.20. The highest BCUT2D eigenvalue weighted by atomic mass is 16.3. The number of amides is 4. The first kappa shape index (κ1) is 29.6. The minimum absolute atomic E-state index is 0.0290. The smallest absolute Gasteiger partial charge is 0.279 e.